The molecule has 0 radical (unpaired) electrons. The molecule has 1 aromatic rings. The van der Waals surface area contributed by atoms with Crippen molar-refractivity contribution in [3.8, 4) is 0 Å². The Kier molecular flexibility index (Phi) is 4.12. The van der Waals surface area contributed by atoms with Crippen molar-refractivity contribution in [3.63, 3.8) is 0 Å². The third kappa shape index (κ3) is 2.37. The second-order valence-electron chi connectivity index (χ2n) is 9.35. The third-order valence-electron chi connectivity index (χ3n) is 8.49. The fourth-order valence-corrected chi connectivity index (χ4v) is 6.75. The van der Waals surface area contributed by atoms with Gasteiger partial charge in [-0.15, -0.1) is 0 Å². The van der Waals surface area contributed by atoms with Crippen LogP contribution in [-0.2, 0) is 12.8 Å². The normalized spacial score (nSPS) is 43.8. The highest BCUT2D eigenvalue weighted by Crippen LogP contribution is 2.62. The quantitative estimate of drug-likeness (QED) is 0.738. The molecule has 4 rings (SSSR count). The molecule has 0 aliphatic heterocycles. The highest BCUT2D eigenvalue weighted by atomic mass is 16.3. The Morgan fingerprint density at radius 1 is 1.36 bits per heavy atom. The lowest BCUT2D eigenvalue weighted by Gasteiger charge is -2.55. The molecule has 0 amide bonds. The van der Waals surface area contributed by atoms with Gasteiger partial charge in [-0.3, -0.25) is 5.10 Å². The summed E-state index contributed by atoms with van der Waals surface area (Å²) in [5, 5.41) is 17.6. The van der Waals surface area contributed by atoms with Crippen LogP contribution < -0.4 is 5.73 Å². The first-order chi connectivity index (χ1) is 11.9. The number of rotatable bonds is 3. The largest absolute Gasteiger partial charge is 0.396 e. The van der Waals surface area contributed by atoms with Crippen molar-refractivity contribution in [1.29, 1.82) is 0 Å². The Bertz CT molecular complexity index is 668. The number of aromatic nitrogens is 2. The molecule has 25 heavy (non-hydrogen) atoms. The van der Waals surface area contributed by atoms with Crippen LogP contribution in [0, 0.1) is 34.5 Å². The fourth-order valence-electron chi connectivity index (χ4n) is 6.75. The van der Waals surface area contributed by atoms with Crippen molar-refractivity contribution in [2.75, 3.05) is 13.2 Å². The van der Waals surface area contributed by atoms with Gasteiger partial charge in [-0.05, 0) is 85.1 Å². The van der Waals surface area contributed by atoms with E-state index in [0.29, 0.717) is 17.8 Å². The third-order valence-corrected chi connectivity index (χ3v) is 8.49. The molecular formula is C21H33N3O. The van der Waals surface area contributed by atoms with Gasteiger partial charge in [0.2, 0.25) is 0 Å². The van der Waals surface area contributed by atoms with Gasteiger partial charge in [-0.2, -0.15) is 5.10 Å². The molecule has 0 saturated heterocycles. The van der Waals surface area contributed by atoms with Crippen molar-refractivity contribution in [2.24, 2.45) is 40.2 Å². The van der Waals surface area contributed by atoms with Crippen LogP contribution in [-0.4, -0.2) is 28.5 Å². The van der Waals surface area contributed by atoms with E-state index in [1.54, 1.807) is 0 Å². The average Bonchev–Trinajstić information content (AvgIpc) is 3.17. The summed E-state index contributed by atoms with van der Waals surface area (Å²) in [4.78, 5) is 0. The summed E-state index contributed by atoms with van der Waals surface area (Å²) in [5.74, 6) is 2.05. The first kappa shape index (κ1) is 17.3. The van der Waals surface area contributed by atoms with Gasteiger partial charge in [0, 0.05) is 12.3 Å². The average molecular weight is 344 g/mol. The number of hydrogen-bond donors (Lipinski definition) is 3. The summed E-state index contributed by atoms with van der Waals surface area (Å²) in [6.07, 6.45) is 8.74. The van der Waals surface area contributed by atoms with E-state index in [1.807, 2.05) is 6.20 Å². The van der Waals surface area contributed by atoms with Crippen LogP contribution in [0.2, 0.25) is 0 Å². The van der Waals surface area contributed by atoms with Crippen LogP contribution >= 0.6 is 0 Å². The number of aromatic amines is 1. The lowest BCUT2D eigenvalue weighted by molar-refractivity contribution is -0.0536. The molecule has 4 nitrogen and oxygen atoms in total. The topological polar surface area (TPSA) is 74.9 Å². The zero-order chi connectivity index (χ0) is 17.8. The first-order valence-corrected chi connectivity index (χ1v) is 9.94. The maximum absolute atomic E-state index is 10.2. The molecule has 0 spiro atoms. The van der Waals surface area contributed by atoms with Crippen molar-refractivity contribution < 1.29 is 5.11 Å². The number of aliphatic hydroxyl groups excluding tert-OH is 1. The number of hydrogen-bond acceptors (Lipinski definition) is 3. The molecule has 0 bridgehead atoms. The number of nitrogens with two attached hydrogens (primary N) is 1. The molecule has 4 heteroatoms. The predicted molar refractivity (Wildman–Crippen MR) is 99.9 cm³/mol. The number of fused-ring (bicyclic) bond motifs is 2. The number of aliphatic hydroxyl groups is 1. The first-order valence-electron chi connectivity index (χ1n) is 9.94. The van der Waals surface area contributed by atoms with Crippen LogP contribution in [0.1, 0.15) is 50.8 Å². The summed E-state index contributed by atoms with van der Waals surface area (Å²) >= 11 is 0. The summed E-state index contributed by atoms with van der Waals surface area (Å²) in [6, 6.07) is 0. The van der Waals surface area contributed by atoms with Gasteiger partial charge in [0.1, 0.15) is 0 Å². The Morgan fingerprint density at radius 3 is 2.88 bits per heavy atom. The maximum atomic E-state index is 10.2. The molecule has 3 aliphatic rings. The predicted octanol–water partition coefficient (Wildman–Crippen LogP) is 3.08. The van der Waals surface area contributed by atoms with Crippen LogP contribution in [0.4, 0.5) is 0 Å². The standard InChI is InChI=1S/C21H33N3O/c1-13-4-5-17-16(10-22)18(6-7-20(13,17)2)21(3)9-14-11-23-24-19(14)8-15(21)12-25/h11,15-18,25H,1,4-10,12,22H2,2-3H3,(H,23,24)/t15-,16+,17+,18+,20-,21+/m1/s1. The zero-order valence-electron chi connectivity index (χ0n) is 15.7. The Balaban J connectivity index is 1.69. The minimum absolute atomic E-state index is 0.0981. The monoisotopic (exact) mass is 343 g/mol. The highest BCUT2D eigenvalue weighted by molar-refractivity contribution is 5.26. The summed E-state index contributed by atoms with van der Waals surface area (Å²) < 4.78 is 0. The zero-order valence-corrected chi connectivity index (χ0v) is 15.7. The molecular weight excluding hydrogens is 310 g/mol. The molecule has 6 atom stereocenters. The molecule has 2 fully saturated rings. The van der Waals surface area contributed by atoms with Gasteiger partial charge >= 0.3 is 0 Å². The Hall–Kier alpha value is -1.13. The van der Waals surface area contributed by atoms with E-state index < -0.39 is 0 Å². The van der Waals surface area contributed by atoms with Crippen LogP contribution in [0.3, 0.4) is 0 Å². The van der Waals surface area contributed by atoms with Gasteiger partial charge < -0.3 is 10.8 Å². The highest BCUT2D eigenvalue weighted by Gasteiger charge is 2.56. The number of nitrogens with one attached hydrogen (secondary N) is 1. The molecule has 4 N–H and O–H groups in total. The van der Waals surface area contributed by atoms with Gasteiger partial charge in [0.15, 0.2) is 0 Å². The summed E-state index contributed by atoms with van der Waals surface area (Å²) in [6.45, 7) is 10.2. The van der Waals surface area contributed by atoms with Gasteiger partial charge in [-0.1, -0.05) is 26.0 Å². The molecule has 138 valence electrons. The van der Waals surface area contributed by atoms with Gasteiger partial charge in [0.05, 0.1) is 6.20 Å². The maximum Gasteiger partial charge on any atom is 0.0522 e. The van der Waals surface area contributed by atoms with Crippen LogP contribution in [0.15, 0.2) is 18.3 Å². The fraction of sp³-hybridized carbons (Fsp3) is 0.762. The van der Waals surface area contributed by atoms with Crippen molar-refractivity contribution in [1.82, 2.24) is 10.2 Å². The van der Waals surface area contributed by atoms with E-state index in [2.05, 4.69) is 30.6 Å². The van der Waals surface area contributed by atoms with Crippen molar-refractivity contribution in [3.05, 3.63) is 29.6 Å². The Labute approximate surface area is 151 Å². The van der Waals surface area contributed by atoms with Crippen LogP contribution in [0.5, 0.6) is 0 Å². The van der Waals surface area contributed by atoms with Crippen molar-refractivity contribution >= 4 is 0 Å². The lowest BCUT2D eigenvalue weighted by Crippen LogP contribution is -2.53. The van der Waals surface area contributed by atoms with E-state index in [9.17, 15) is 5.11 Å². The number of nitrogens with zero attached hydrogens (tertiary/aromatic N) is 1. The number of H-pyrrole nitrogens is 1. The molecule has 0 aromatic carbocycles. The molecule has 0 unspecified atom stereocenters. The molecule has 3 aliphatic carbocycles. The van der Waals surface area contributed by atoms with Gasteiger partial charge in [-0.25, -0.2) is 0 Å². The molecule has 2 saturated carbocycles. The minimum Gasteiger partial charge on any atom is -0.396 e. The summed E-state index contributed by atoms with van der Waals surface area (Å²) in [7, 11) is 0. The second kappa shape index (κ2) is 5.95. The van der Waals surface area contributed by atoms with Gasteiger partial charge in [0.25, 0.3) is 0 Å². The smallest absolute Gasteiger partial charge is 0.0522 e. The minimum atomic E-state index is 0.0981. The second-order valence-corrected chi connectivity index (χ2v) is 9.35. The van der Waals surface area contributed by atoms with E-state index in [0.717, 1.165) is 25.8 Å². The lowest BCUT2D eigenvalue weighted by atomic mass is 9.49. The van der Waals surface area contributed by atoms with E-state index in [4.69, 9.17) is 5.73 Å². The van der Waals surface area contributed by atoms with E-state index in [1.165, 1.54) is 36.1 Å². The van der Waals surface area contributed by atoms with Crippen LogP contribution in [0.25, 0.3) is 0 Å². The molecule has 1 heterocycles. The Morgan fingerprint density at radius 2 is 2.16 bits per heavy atom. The summed E-state index contributed by atoms with van der Waals surface area (Å²) in [5.41, 5.74) is 10.7. The van der Waals surface area contributed by atoms with Crippen molar-refractivity contribution in [2.45, 2.75) is 52.4 Å². The molecule has 1 aromatic heterocycles. The van der Waals surface area contributed by atoms with E-state index in [-0.39, 0.29) is 23.4 Å². The van der Waals surface area contributed by atoms with E-state index >= 15 is 0 Å². The SMILES string of the molecule is C=C1CC[C@H]2[C@H](CN)[C@@H]([C@@]3(C)Cc4cn[nH]c4C[C@@H]3CO)CC[C@]12C. The number of allylic oxidation sites excluding steroid dienone is 1.